The second-order valence-corrected chi connectivity index (χ2v) is 6.24. The fourth-order valence-electron chi connectivity index (χ4n) is 1.57. The minimum atomic E-state index is -0.634. The number of rotatable bonds is 2. The van der Waals surface area contributed by atoms with Crippen molar-refractivity contribution in [1.82, 2.24) is 4.90 Å². The molecular weight excluding hydrogens is 246 g/mol. The summed E-state index contributed by atoms with van der Waals surface area (Å²) in [7, 11) is 0. The molecule has 4 heteroatoms. The third-order valence-corrected chi connectivity index (χ3v) is 2.88. The molecule has 1 aliphatic rings. The maximum atomic E-state index is 11.8. The van der Waals surface area contributed by atoms with Gasteiger partial charge in [0.15, 0.2) is 0 Å². The molecular formula is C10H16BrNO2. The van der Waals surface area contributed by atoms with Gasteiger partial charge in [0.05, 0.1) is 4.32 Å². The smallest absolute Gasteiger partial charge is 0.245 e. The monoisotopic (exact) mass is 261 g/mol. The number of nitrogens with zero attached hydrogens (tertiary/aromatic N) is 1. The van der Waals surface area contributed by atoms with E-state index in [2.05, 4.69) is 15.9 Å². The Morgan fingerprint density at radius 3 is 2.57 bits per heavy atom. The number of hydrogen-bond donors (Lipinski definition) is 0. The predicted octanol–water partition coefficient (Wildman–Crippen LogP) is 1.95. The van der Waals surface area contributed by atoms with Crippen molar-refractivity contribution in [2.75, 3.05) is 6.54 Å². The van der Waals surface area contributed by atoms with Crippen LogP contribution in [0.5, 0.6) is 0 Å². The van der Waals surface area contributed by atoms with Crippen molar-refractivity contribution in [2.45, 2.75) is 37.9 Å². The van der Waals surface area contributed by atoms with Crippen molar-refractivity contribution >= 4 is 27.7 Å². The molecule has 1 atom stereocenters. The molecule has 0 aromatic rings. The highest BCUT2D eigenvalue weighted by Gasteiger charge is 2.38. The molecule has 0 aromatic carbocycles. The molecule has 80 valence electrons. The molecule has 0 N–H and O–H groups in total. The van der Waals surface area contributed by atoms with Gasteiger partial charge in [-0.15, -0.1) is 0 Å². The van der Waals surface area contributed by atoms with Gasteiger partial charge in [-0.2, -0.15) is 0 Å². The van der Waals surface area contributed by atoms with E-state index in [9.17, 15) is 9.59 Å². The Bertz CT molecular complexity index is 257. The minimum absolute atomic E-state index is 0.0330. The second-order valence-electron chi connectivity index (χ2n) is 4.26. The molecule has 1 unspecified atom stereocenters. The Hall–Kier alpha value is -0.380. The first-order valence-corrected chi connectivity index (χ1v) is 5.69. The van der Waals surface area contributed by atoms with E-state index in [1.165, 1.54) is 4.90 Å². The van der Waals surface area contributed by atoms with Crippen molar-refractivity contribution in [2.24, 2.45) is 5.92 Å². The van der Waals surface area contributed by atoms with Crippen LogP contribution in [0.2, 0.25) is 0 Å². The van der Waals surface area contributed by atoms with Crippen LogP contribution < -0.4 is 0 Å². The number of likely N-dealkylation sites (tertiary alicyclic amines) is 1. The number of carbonyl (C=O) groups excluding carboxylic acids is 2. The van der Waals surface area contributed by atoms with Crippen molar-refractivity contribution in [3.63, 3.8) is 0 Å². The summed E-state index contributed by atoms with van der Waals surface area (Å²) in [4.78, 5) is 24.7. The summed E-state index contributed by atoms with van der Waals surface area (Å²) in [5.74, 6) is 0.189. The van der Waals surface area contributed by atoms with E-state index >= 15 is 0 Å². The molecule has 0 aliphatic carbocycles. The topological polar surface area (TPSA) is 37.4 Å². The molecule has 1 heterocycles. The van der Waals surface area contributed by atoms with Crippen LogP contribution in [0.3, 0.4) is 0 Å². The van der Waals surface area contributed by atoms with Crippen LogP contribution in [0.15, 0.2) is 0 Å². The van der Waals surface area contributed by atoms with Crippen LogP contribution in [-0.2, 0) is 9.59 Å². The van der Waals surface area contributed by atoms with E-state index in [-0.39, 0.29) is 11.8 Å². The van der Waals surface area contributed by atoms with Gasteiger partial charge in [0, 0.05) is 13.0 Å². The number of carbonyl (C=O) groups is 2. The maximum absolute atomic E-state index is 11.8. The largest absolute Gasteiger partial charge is 0.281 e. The van der Waals surface area contributed by atoms with Gasteiger partial charge in [-0.05, 0) is 19.8 Å². The highest BCUT2D eigenvalue weighted by molar-refractivity contribution is 9.10. The standard InChI is InChI=1S/C10H16BrNO2/c1-4-7-5-8(13)12(6-7)9(14)10(2,3)11/h7H,4-6H2,1-3H3. The summed E-state index contributed by atoms with van der Waals surface area (Å²) in [5, 5.41) is 0. The third-order valence-electron chi connectivity index (χ3n) is 2.54. The van der Waals surface area contributed by atoms with Gasteiger partial charge in [-0.1, -0.05) is 29.3 Å². The molecule has 1 fully saturated rings. The highest BCUT2D eigenvalue weighted by Crippen LogP contribution is 2.26. The first-order chi connectivity index (χ1) is 6.36. The number of alkyl halides is 1. The van der Waals surface area contributed by atoms with E-state index in [1.807, 2.05) is 6.92 Å². The summed E-state index contributed by atoms with van der Waals surface area (Å²) in [6.07, 6.45) is 1.48. The Kier molecular flexibility index (Phi) is 3.35. The van der Waals surface area contributed by atoms with Crippen LogP contribution in [0, 0.1) is 5.92 Å². The second kappa shape index (κ2) is 4.01. The zero-order chi connectivity index (χ0) is 10.9. The van der Waals surface area contributed by atoms with Crippen LogP contribution >= 0.6 is 15.9 Å². The normalized spacial score (nSPS) is 23.0. The molecule has 1 rings (SSSR count). The first kappa shape index (κ1) is 11.7. The molecule has 0 bridgehead atoms. The average molecular weight is 262 g/mol. The molecule has 0 radical (unpaired) electrons. The van der Waals surface area contributed by atoms with Crippen LogP contribution in [-0.4, -0.2) is 27.6 Å². The van der Waals surface area contributed by atoms with Crippen LogP contribution in [0.25, 0.3) is 0 Å². The van der Waals surface area contributed by atoms with Gasteiger partial charge in [0.1, 0.15) is 0 Å². The molecule has 1 saturated heterocycles. The van der Waals surface area contributed by atoms with Gasteiger partial charge in [-0.3, -0.25) is 14.5 Å². The number of amides is 2. The lowest BCUT2D eigenvalue weighted by Crippen LogP contribution is -2.42. The lowest BCUT2D eigenvalue weighted by molar-refractivity contribution is -0.142. The zero-order valence-electron chi connectivity index (χ0n) is 8.84. The molecule has 14 heavy (non-hydrogen) atoms. The fourth-order valence-corrected chi connectivity index (χ4v) is 1.79. The zero-order valence-corrected chi connectivity index (χ0v) is 10.4. The first-order valence-electron chi connectivity index (χ1n) is 4.90. The van der Waals surface area contributed by atoms with Crippen LogP contribution in [0.1, 0.15) is 33.6 Å². The van der Waals surface area contributed by atoms with E-state index in [4.69, 9.17) is 0 Å². The summed E-state index contributed by atoms with van der Waals surface area (Å²) < 4.78 is -0.634. The van der Waals surface area contributed by atoms with E-state index in [0.717, 1.165) is 6.42 Å². The Morgan fingerprint density at radius 1 is 1.64 bits per heavy atom. The lowest BCUT2D eigenvalue weighted by atomic mass is 10.1. The fraction of sp³-hybridized carbons (Fsp3) is 0.800. The summed E-state index contributed by atoms with van der Waals surface area (Å²) in [6.45, 7) is 6.16. The van der Waals surface area contributed by atoms with Crippen molar-refractivity contribution in [3.8, 4) is 0 Å². The maximum Gasteiger partial charge on any atom is 0.245 e. The van der Waals surface area contributed by atoms with Gasteiger partial charge >= 0.3 is 0 Å². The summed E-state index contributed by atoms with van der Waals surface area (Å²) >= 11 is 3.28. The molecule has 0 saturated carbocycles. The van der Waals surface area contributed by atoms with Gasteiger partial charge in [0.25, 0.3) is 0 Å². The van der Waals surface area contributed by atoms with Crippen LogP contribution in [0.4, 0.5) is 0 Å². The average Bonchev–Trinajstić information content (AvgIpc) is 2.43. The Labute approximate surface area is 93.0 Å². The van der Waals surface area contributed by atoms with Crippen molar-refractivity contribution in [1.29, 1.82) is 0 Å². The highest BCUT2D eigenvalue weighted by atomic mass is 79.9. The number of imide groups is 1. The Morgan fingerprint density at radius 2 is 2.21 bits per heavy atom. The summed E-state index contributed by atoms with van der Waals surface area (Å²) in [5.41, 5.74) is 0. The quantitative estimate of drug-likeness (QED) is 0.713. The molecule has 1 aliphatic heterocycles. The summed E-state index contributed by atoms with van der Waals surface area (Å²) in [6, 6.07) is 0. The Balaban J connectivity index is 2.71. The molecule has 2 amide bonds. The number of hydrogen-bond acceptors (Lipinski definition) is 2. The van der Waals surface area contributed by atoms with Crippen molar-refractivity contribution < 1.29 is 9.59 Å². The number of halogens is 1. The van der Waals surface area contributed by atoms with E-state index < -0.39 is 4.32 Å². The molecule has 0 aromatic heterocycles. The molecule has 3 nitrogen and oxygen atoms in total. The lowest BCUT2D eigenvalue weighted by Gasteiger charge is -2.22. The minimum Gasteiger partial charge on any atom is -0.281 e. The van der Waals surface area contributed by atoms with Gasteiger partial charge < -0.3 is 0 Å². The predicted molar refractivity (Wildman–Crippen MR) is 58.1 cm³/mol. The van der Waals surface area contributed by atoms with E-state index in [0.29, 0.717) is 18.9 Å². The van der Waals surface area contributed by atoms with E-state index in [1.54, 1.807) is 13.8 Å². The van der Waals surface area contributed by atoms with Gasteiger partial charge in [0.2, 0.25) is 11.8 Å². The van der Waals surface area contributed by atoms with Gasteiger partial charge in [-0.25, -0.2) is 0 Å². The van der Waals surface area contributed by atoms with Crippen molar-refractivity contribution in [3.05, 3.63) is 0 Å². The third kappa shape index (κ3) is 2.35. The SMILES string of the molecule is CCC1CC(=O)N(C(=O)C(C)(C)Br)C1. The molecule has 0 spiro atoms.